The van der Waals surface area contributed by atoms with E-state index in [-0.39, 0.29) is 5.75 Å². The number of benzene rings is 1. The predicted octanol–water partition coefficient (Wildman–Crippen LogP) is 2.39. The Morgan fingerprint density at radius 3 is 2.50 bits per heavy atom. The number of halogens is 1. The number of aromatic hydroxyl groups is 1. The van der Waals surface area contributed by atoms with Gasteiger partial charge >= 0.3 is 0 Å². The molecule has 1 N–H and O–H groups in total. The number of hydrogen-bond donors (Lipinski definition) is 1. The standard InChI is InChI=1S/C9H9ClO2/c1-5-3-7(11)4-8(6(5)2)9(10)12/h3-4,11H,1-2H3. The van der Waals surface area contributed by atoms with E-state index in [9.17, 15) is 4.79 Å². The van der Waals surface area contributed by atoms with Gasteiger partial charge in [-0.05, 0) is 48.7 Å². The summed E-state index contributed by atoms with van der Waals surface area (Å²) in [4.78, 5) is 10.8. The fourth-order valence-electron chi connectivity index (χ4n) is 1.04. The maximum atomic E-state index is 10.8. The summed E-state index contributed by atoms with van der Waals surface area (Å²) in [7, 11) is 0. The lowest BCUT2D eigenvalue weighted by Crippen LogP contribution is -1.95. The van der Waals surface area contributed by atoms with E-state index in [2.05, 4.69) is 0 Å². The Kier molecular flexibility index (Phi) is 2.38. The second-order valence-electron chi connectivity index (χ2n) is 2.71. The molecule has 0 unspecified atom stereocenters. The maximum Gasteiger partial charge on any atom is 0.252 e. The fraction of sp³-hybridized carbons (Fsp3) is 0.222. The van der Waals surface area contributed by atoms with E-state index in [0.717, 1.165) is 11.1 Å². The zero-order chi connectivity index (χ0) is 9.30. The van der Waals surface area contributed by atoms with Gasteiger partial charge < -0.3 is 5.11 Å². The van der Waals surface area contributed by atoms with Gasteiger partial charge in [0.15, 0.2) is 0 Å². The average molecular weight is 185 g/mol. The van der Waals surface area contributed by atoms with Crippen molar-refractivity contribution >= 4 is 16.8 Å². The fourth-order valence-corrected chi connectivity index (χ4v) is 1.24. The van der Waals surface area contributed by atoms with Gasteiger partial charge in [-0.1, -0.05) is 0 Å². The highest BCUT2D eigenvalue weighted by atomic mass is 35.5. The van der Waals surface area contributed by atoms with Gasteiger partial charge in [-0.15, -0.1) is 0 Å². The van der Waals surface area contributed by atoms with E-state index >= 15 is 0 Å². The highest BCUT2D eigenvalue weighted by molar-refractivity contribution is 6.68. The van der Waals surface area contributed by atoms with Crippen molar-refractivity contribution in [2.24, 2.45) is 0 Å². The molecule has 2 nitrogen and oxygen atoms in total. The molecule has 1 rings (SSSR count). The lowest BCUT2D eigenvalue weighted by Gasteiger charge is -2.04. The van der Waals surface area contributed by atoms with Gasteiger partial charge in [0.1, 0.15) is 5.75 Å². The molecular weight excluding hydrogens is 176 g/mol. The monoisotopic (exact) mass is 184 g/mol. The van der Waals surface area contributed by atoms with Crippen LogP contribution in [0.25, 0.3) is 0 Å². The van der Waals surface area contributed by atoms with Crippen LogP contribution in [0, 0.1) is 13.8 Å². The molecule has 0 amide bonds. The molecule has 0 aliphatic heterocycles. The lowest BCUT2D eigenvalue weighted by atomic mass is 10.0. The number of rotatable bonds is 1. The summed E-state index contributed by atoms with van der Waals surface area (Å²) in [6.07, 6.45) is 0. The Bertz CT molecular complexity index is 332. The van der Waals surface area contributed by atoms with Gasteiger partial charge in [-0.25, -0.2) is 0 Å². The van der Waals surface area contributed by atoms with Gasteiger partial charge in [0, 0.05) is 5.56 Å². The minimum absolute atomic E-state index is 0.0714. The van der Waals surface area contributed by atoms with Crippen molar-refractivity contribution in [3.8, 4) is 5.75 Å². The average Bonchev–Trinajstić information content (AvgIpc) is 1.96. The molecule has 0 heterocycles. The minimum atomic E-state index is -0.536. The Labute approximate surface area is 75.8 Å². The summed E-state index contributed by atoms with van der Waals surface area (Å²) in [5.41, 5.74) is 2.04. The highest BCUT2D eigenvalue weighted by Gasteiger charge is 2.08. The predicted molar refractivity (Wildman–Crippen MR) is 47.8 cm³/mol. The topological polar surface area (TPSA) is 37.3 Å². The molecule has 3 heteroatoms. The number of carbonyl (C=O) groups excluding carboxylic acids is 1. The molecule has 1 aromatic rings. The summed E-state index contributed by atoms with van der Waals surface area (Å²) < 4.78 is 0. The first kappa shape index (κ1) is 9.07. The molecule has 0 aliphatic carbocycles. The maximum absolute atomic E-state index is 10.8. The second kappa shape index (κ2) is 3.15. The number of hydrogen-bond acceptors (Lipinski definition) is 2. The molecule has 0 bridgehead atoms. The largest absolute Gasteiger partial charge is 0.508 e. The van der Waals surface area contributed by atoms with Crippen molar-refractivity contribution in [3.05, 3.63) is 28.8 Å². The van der Waals surface area contributed by atoms with Gasteiger partial charge in [0.25, 0.3) is 5.24 Å². The van der Waals surface area contributed by atoms with Crippen LogP contribution in [0.3, 0.4) is 0 Å². The van der Waals surface area contributed by atoms with Crippen molar-refractivity contribution in [1.29, 1.82) is 0 Å². The van der Waals surface area contributed by atoms with Crippen molar-refractivity contribution in [2.75, 3.05) is 0 Å². The van der Waals surface area contributed by atoms with Crippen LogP contribution in [-0.4, -0.2) is 10.3 Å². The highest BCUT2D eigenvalue weighted by Crippen LogP contribution is 2.21. The van der Waals surface area contributed by atoms with Crippen LogP contribution in [0.1, 0.15) is 21.5 Å². The van der Waals surface area contributed by atoms with Crippen molar-refractivity contribution < 1.29 is 9.90 Å². The Morgan fingerprint density at radius 2 is 2.00 bits per heavy atom. The molecule has 1 aromatic carbocycles. The van der Waals surface area contributed by atoms with Crippen molar-refractivity contribution in [2.45, 2.75) is 13.8 Å². The Hall–Kier alpha value is -1.02. The molecule has 0 spiro atoms. The first-order valence-electron chi connectivity index (χ1n) is 3.52. The van der Waals surface area contributed by atoms with Crippen LogP contribution in [0.2, 0.25) is 0 Å². The SMILES string of the molecule is Cc1cc(O)cc(C(=O)Cl)c1C. The number of carbonyl (C=O) groups is 1. The molecule has 0 fully saturated rings. The van der Waals surface area contributed by atoms with Crippen LogP contribution in [-0.2, 0) is 0 Å². The summed E-state index contributed by atoms with van der Waals surface area (Å²) in [6.45, 7) is 3.61. The van der Waals surface area contributed by atoms with Crippen LogP contribution in [0.5, 0.6) is 5.75 Å². The molecule has 0 atom stereocenters. The number of phenols is 1. The third kappa shape index (κ3) is 1.59. The third-order valence-electron chi connectivity index (χ3n) is 1.86. The van der Waals surface area contributed by atoms with Crippen molar-refractivity contribution in [1.82, 2.24) is 0 Å². The zero-order valence-corrected chi connectivity index (χ0v) is 7.64. The first-order chi connectivity index (χ1) is 5.52. The van der Waals surface area contributed by atoms with E-state index in [4.69, 9.17) is 16.7 Å². The van der Waals surface area contributed by atoms with E-state index in [1.807, 2.05) is 6.92 Å². The molecule has 64 valence electrons. The molecule has 12 heavy (non-hydrogen) atoms. The molecule has 0 aliphatic rings. The third-order valence-corrected chi connectivity index (χ3v) is 2.07. The van der Waals surface area contributed by atoms with E-state index in [1.165, 1.54) is 6.07 Å². The van der Waals surface area contributed by atoms with E-state index < -0.39 is 5.24 Å². The zero-order valence-electron chi connectivity index (χ0n) is 6.89. The molecular formula is C9H9ClO2. The van der Waals surface area contributed by atoms with Gasteiger partial charge in [0.2, 0.25) is 0 Å². The van der Waals surface area contributed by atoms with E-state index in [0.29, 0.717) is 5.56 Å². The molecule has 0 aromatic heterocycles. The Balaban J connectivity index is 3.37. The van der Waals surface area contributed by atoms with Crippen LogP contribution in [0.15, 0.2) is 12.1 Å². The van der Waals surface area contributed by atoms with Gasteiger partial charge in [-0.2, -0.15) is 0 Å². The summed E-state index contributed by atoms with van der Waals surface area (Å²) in [6, 6.07) is 2.97. The lowest BCUT2D eigenvalue weighted by molar-refractivity contribution is 0.108. The number of aryl methyl sites for hydroxylation is 1. The number of phenolic OH excluding ortho intramolecular Hbond substituents is 1. The summed E-state index contributed by atoms with van der Waals surface area (Å²) >= 11 is 5.30. The van der Waals surface area contributed by atoms with Gasteiger partial charge in [0.05, 0.1) is 0 Å². The van der Waals surface area contributed by atoms with Crippen LogP contribution < -0.4 is 0 Å². The Morgan fingerprint density at radius 1 is 1.42 bits per heavy atom. The van der Waals surface area contributed by atoms with E-state index in [1.54, 1.807) is 13.0 Å². The summed E-state index contributed by atoms with van der Waals surface area (Å²) in [5.74, 6) is 0.0714. The van der Waals surface area contributed by atoms with Crippen LogP contribution in [0.4, 0.5) is 0 Å². The molecule has 0 saturated heterocycles. The van der Waals surface area contributed by atoms with Crippen molar-refractivity contribution in [3.63, 3.8) is 0 Å². The summed E-state index contributed by atoms with van der Waals surface area (Å²) in [5, 5.41) is 8.62. The molecule has 0 radical (unpaired) electrons. The minimum Gasteiger partial charge on any atom is -0.508 e. The quantitative estimate of drug-likeness (QED) is 0.681. The molecule has 0 saturated carbocycles. The second-order valence-corrected chi connectivity index (χ2v) is 3.05. The first-order valence-corrected chi connectivity index (χ1v) is 3.90. The smallest absolute Gasteiger partial charge is 0.252 e. The normalized spacial score (nSPS) is 9.92. The van der Waals surface area contributed by atoms with Gasteiger partial charge in [-0.3, -0.25) is 4.79 Å². The van der Waals surface area contributed by atoms with Crippen LogP contribution >= 0.6 is 11.6 Å².